The van der Waals surface area contributed by atoms with E-state index in [4.69, 9.17) is 15.6 Å². The third kappa shape index (κ3) is 5.25. The molecule has 6 rings (SSSR count). The predicted molar refractivity (Wildman–Crippen MR) is 155 cm³/mol. The molecule has 2 aromatic carbocycles. The van der Waals surface area contributed by atoms with E-state index in [0.717, 1.165) is 29.9 Å². The van der Waals surface area contributed by atoms with Crippen LogP contribution in [0.25, 0.3) is 33.3 Å². The first-order chi connectivity index (χ1) is 20.5. The summed E-state index contributed by atoms with van der Waals surface area (Å²) < 4.78 is 75.7. The quantitative estimate of drug-likeness (QED) is 0.234. The van der Waals surface area contributed by atoms with Crippen molar-refractivity contribution in [1.29, 1.82) is 0 Å². The summed E-state index contributed by atoms with van der Waals surface area (Å²) in [6.07, 6.45) is 2.76. The fourth-order valence-electron chi connectivity index (χ4n) is 5.18. The highest BCUT2D eigenvalue weighted by Gasteiger charge is 2.27. The molecule has 0 saturated carbocycles. The number of nitrogen functional groups attached to an aromatic ring is 1. The minimum Gasteiger partial charge on any atom is -0.484 e. The minimum absolute atomic E-state index is 0.0446. The summed E-state index contributed by atoms with van der Waals surface area (Å²) in [6, 6.07) is 9.87. The molecule has 1 atom stereocenters. The molecule has 4 heterocycles. The van der Waals surface area contributed by atoms with Crippen molar-refractivity contribution in [2.45, 2.75) is 31.9 Å². The lowest BCUT2D eigenvalue weighted by atomic mass is 10.0. The summed E-state index contributed by atoms with van der Waals surface area (Å²) in [6.45, 7) is 3.84. The van der Waals surface area contributed by atoms with Gasteiger partial charge in [-0.15, -0.1) is 0 Å². The van der Waals surface area contributed by atoms with Crippen molar-refractivity contribution in [3.63, 3.8) is 0 Å². The molecule has 224 valence electrons. The number of hydrogen-bond acceptors (Lipinski definition) is 8. The summed E-state index contributed by atoms with van der Waals surface area (Å²) in [5.74, 6) is -3.94. The predicted octanol–water partition coefficient (Wildman–Crippen LogP) is 4.43. The average Bonchev–Trinajstić information content (AvgIpc) is 3.56. The zero-order chi connectivity index (χ0) is 30.5. The Labute approximate surface area is 244 Å². The average molecular weight is 613 g/mol. The summed E-state index contributed by atoms with van der Waals surface area (Å²) in [4.78, 5) is 4.44. The molecule has 0 fully saturated rings. The van der Waals surface area contributed by atoms with E-state index in [1.807, 2.05) is 9.40 Å². The number of aromatic nitrogens is 5. The van der Waals surface area contributed by atoms with Gasteiger partial charge in [0, 0.05) is 43.0 Å². The second-order valence-electron chi connectivity index (χ2n) is 10.1. The van der Waals surface area contributed by atoms with Gasteiger partial charge in [-0.2, -0.15) is 19.0 Å². The molecule has 0 radical (unpaired) electrons. The first kappa shape index (κ1) is 28.5. The van der Waals surface area contributed by atoms with Crippen molar-refractivity contribution < 1.29 is 26.3 Å². The Hall–Kier alpha value is -4.63. The first-order valence-corrected chi connectivity index (χ1v) is 14.8. The van der Waals surface area contributed by atoms with Gasteiger partial charge < -0.3 is 15.8 Å². The number of fused-ring (bicyclic) bond motifs is 2. The summed E-state index contributed by atoms with van der Waals surface area (Å²) >= 11 is 0. The fraction of sp³-hybridized carbons (Fsp3) is 0.250. The molecule has 5 aromatic rings. The fourth-order valence-corrected chi connectivity index (χ4v) is 5.75. The van der Waals surface area contributed by atoms with Crippen LogP contribution in [0.15, 0.2) is 54.9 Å². The number of aryl methyl sites for hydroxylation is 1. The number of nitrogens with zero attached hydrogens (tertiary/aromatic N) is 5. The van der Waals surface area contributed by atoms with E-state index in [1.54, 1.807) is 31.0 Å². The largest absolute Gasteiger partial charge is 0.484 e. The Morgan fingerprint density at radius 3 is 2.63 bits per heavy atom. The standard InChI is InChI=1S/C28H27F3N8O3S/c1-15(16-3-6-18(29)7-4-16)42-23-11-17(5-8-21(23)37-43(40,41)28(30)31)25-24-26(38(2)36-25)20(12-34-27(24)32)19-13-35-39-10-9-33-14-22(19)39/h3-8,11-13,15,28,33,37H,9-10,14H2,1-2H3,(H2,32,34). The molecular formula is C28H27F3N8O3S. The van der Waals surface area contributed by atoms with Crippen LogP contribution in [0.2, 0.25) is 0 Å². The number of rotatable bonds is 8. The maximum atomic E-state index is 13.5. The highest BCUT2D eigenvalue weighted by atomic mass is 32.2. The molecule has 0 aliphatic carbocycles. The SMILES string of the molecule is CC(Oc1cc(-c2nn(C)c3c(-c4cnn5c4CNCC5)cnc(N)c23)ccc1NS(=O)(=O)C(F)F)c1ccc(F)cc1. The molecule has 0 saturated heterocycles. The van der Waals surface area contributed by atoms with Gasteiger partial charge in [0.1, 0.15) is 29.2 Å². The number of ether oxygens (including phenoxy) is 1. The lowest BCUT2D eigenvalue weighted by Crippen LogP contribution is -2.28. The zero-order valence-corrected chi connectivity index (χ0v) is 23.9. The molecule has 1 aliphatic heterocycles. The molecule has 4 N–H and O–H groups in total. The van der Waals surface area contributed by atoms with E-state index < -0.39 is 27.7 Å². The third-order valence-corrected chi connectivity index (χ3v) is 8.28. The van der Waals surface area contributed by atoms with E-state index in [2.05, 4.69) is 15.4 Å². The van der Waals surface area contributed by atoms with Gasteiger partial charge in [0.15, 0.2) is 0 Å². The van der Waals surface area contributed by atoms with Crippen LogP contribution in [-0.4, -0.2) is 45.3 Å². The first-order valence-electron chi connectivity index (χ1n) is 13.3. The number of nitrogens with one attached hydrogen (secondary N) is 2. The van der Waals surface area contributed by atoms with Crippen LogP contribution in [0.1, 0.15) is 24.3 Å². The van der Waals surface area contributed by atoms with Crippen LogP contribution in [-0.2, 0) is 30.2 Å². The molecular weight excluding hydrogens is 585 g/mol. The number of benzene rings is 2. The van der Waals surface area contributed by atoms with Crippen molar-refractivity contribution in [2.75, 3.05) is 17.0 Å². The molecule has 15 heteroatoms. The Kier molecular flexibility index (Phi) is 7.22. The molecule has 43 heavy (non-hydrogen) atoms. The van der Waals surface area contributed by atoms with Crippen molar-refractivity contribution in [3.8, 4) is 28.1 Å². The maximum Gasteiger partial charge on any atom is 0.355 e. The maximum absolute atomic E-state index is 13.5. The van der Waals surface area contributed by atoms with E-state index >= 15 is 0 Å². The highest BCUT2D eigenvalue weighted by molar-refractivity contribution is 7.93. The van der Waals surface area contributed by atoms with Gasteiger partial charge in [0.2, 0.25) is 0 Å². The molecule has 11 nitrogen and oxygen atoms in total. The Bertz CT molecular complexity index is 1940. The van der Waals surface area contributed by atoms with E-state index in [-0.39, 0.29) is 17.3 Å². The van der Waals surface area contributed by atoms with Gasteiger partial charge >= 0.3 is 5.76 Å². The highest BCUT2D eigenvalue weighted by Crippen LogP contribution is 2.41. The molecule has 1 unspecified atom stereocenters. The van der Waals surface area contributed by atoms with Gasteiger partial charge in [-0.3, -0.25) is 14.1 Å². The van der Waals surface area contributed by atoms with E-state index in [9.17, 15) is 21.6 Å². The van der Waals surface area contributed by atoms with Crippen LogP contribution in [0.5, 0.6) is 5.75 Å². The molecule has 0 spiro atoms. The van der Waals surface area contributed by atoms with Crippen LogP contribution in [0.4, 0.5) is 24.7 Å². The lowest BCUT2D eigenvalue weighted by Gasteiger charge is -2.19. The van der Waals surface area contributed by atoms with Crippen molar-refractivity contribution in [1.82, 2.24) is 29.9 Å². The number of sulfonamides is 1. The number of anilines is 2. The third-order valence-electron chi connectivity index (χ3n) is 7.31. The number of halogens is 3. The van der Waals surface area contributed by atoms with Crippen molar-refractivity contribution in [3.05, 3.63) is 71.9 Å². The van der Waals surface area contributed by atoms with Gasteiger partial charge in [0.25, 0.3) is 10.0 Å². The minimum atomic E-state index is -5.01. The Balaban J connectivity index is 1.47. The Morgan fingerprint density at radius 1 is 1.12 bits per heavy atom. The smallest absolute Gasteiger partial charge is 0.355 e. The second-order valence-corrected chi connectivity index (χ2v) is 11.7. The molecule has 1 aliphatic rings. The van der Waals surface area contributed by atoms with Crippen LogP contribution in [0.3, 0.4) is 0 Å². The second kappa shape index (κ2) is 10.9. The number of nitrogens with two attached hydrogens (primary N) is 1. The van der Waals surface area contributed by atoms with Crippen LogP contribution < -0.4 is 20.5 Å². The summed E-state index contributed by atoms with van der Waals surface area (Å²) in [7, 11) is -3.24. The monoisotopic (exact) mass is 612 g/mol. The summed E-state index contributed by atoms with van der Waals surface area (Å²) in [5, 5.41) is 13.1. The molecule has 0 amide bonds. The molecule has 0 bridgehead atoms. The van der Waals surface area contributed by atoms with Crippen LogP contribution in [0, 0.1) is 5.82 Å². The van der Waals surface area contributed by atoms with E-state index in [1.165, 1.54) is 42.5 Å². The van der Waals surface area contributed by atoms with Gasteiger partial charge in [-0.05, 0) is 36.8 Å². The lowest BCUT2D eigenvalue weighted by molar-refractivity contribution is 0.228. The van der Waals surface area contributed by atoms with Crippen LogP contribution >= 0.6 is 0 Å². The summed E-state index contributed by atoms with van der Waals surface area (Å²) in [5.41, 5.74) is 11.0. The van der Waals surface area contributed by atoms with Gasteiger partial charge in [0.05, 0.1) is 35.0 Å². The topological polar surface area (TPSA) is 142 Å². The normalized spacial score (nSPS) is 14.2. The van der Waals surface area contributed by atoms with Crippen molar-refractivity contribution >= 4 is 32.4 Å². The molecule has 3 aromatic heterocycles. The van der Waals surface area contributed by atoms with Gasteiger partial charge in [-0.25, -0.2) is 17.8 Å². The van der Waals surface area contributed by atoms with E-state index in [0.29, 0.717) is 34.3 Å². The zero-order valence-electron chi connectivity index (χ0n) is 23.1. The van der Waals surface area contributed by atoms with Gasteiger partial charge in [-0.1, -0.05) is 18.2 Å². The van der Waals surface area contributed by atoms with Crippen molar-refractivity contribution in [2.24, 2.45) is 7.05 Å². The number of hydrogen-bond donors (Lipinski definition) is 3. The number of alkyl halides is 2. The Morgan fingerprint density at radius 2 is 1.88 bits per heavy atom. The number of pyridine rings is 1.